The summed E-state index contributed by atoms with van der Waals surface area (Å²) in [5.74, 6) is 1.56. The van der Waals surface area contributed by atoms with Crippen molar-refractivity contribution in [1.82, 2.24) is 25.1 Å². The fraction of sp³-hybridized carbons (Fsp3) is 0.333. The van der Waals surface area contributed by atoms with Crippen molar-refractivity contribution in [3.8, 4) is 11.3 Å². The molecule has 0 saturated heterocycles. The van der Waals surface area contributed by atoms with Gasteiger partial charge in [0.25, 0.3) is 5.91 Å². The van der Waals surface area contributed by atoms with Crippen molar-refractivity contribution in [3.05, 3.63) is 54.1 Å². The summed E-state index contributed by atoms with van der Waals surface area (Å²) in [6.45, 7) is 2.86. The van der Waals surface area contributed by atoms with Crippen LogP contribution in [0.2, 0.25) is 0 Å². The Labute approximate surface area is 145 Å². The van der Waals surface area contributed by atoms with Crippen LogP contribution >= 0.6 is 0 Å². The van der Waals surface area contributed by atoms with Crippen LogP contribution in [0.5, 0.6) is 0 Å². The summed E-state index contributed by atoms with van der Waals surface area (Å²) in [5, 5.41) is 7.50. The number of aromatic nitrogens is 4. The second kappa shape index (κ2) is 6.51. The summed E-state index contributed by atoms with van der Waals surface area (Å²) in [6, 6.07) is 9.37. The van der Waals surface area contributed by atoms with Gasteiger partial charge in [0, 0.05) is 18.5 Å². The first-order valence-corrected chi connectivity index (χ1v) is 8.49. The predicted molar refractivity (Wildman–Crippen MR) is 90.8 cm³/mol. The highest BCUT2D eigenvalue weighted by Gasteiger charge is 2.28. The molecule has 2 aromatic heterocycles. The number of benzene rings is 1. The molecule has 0 saturated carbocycles. The molecule has 7 heteroatoms. The highest BCUT2D eigenvalue weighted by molar-refractivity contribution is 5.97. The molecule has 1 atom stereocenters. The fourth-order valence-electron chi connectivity index (χ4n) is 3.12. The van der Waals surface area contributed by atoms with E-state index in [4.69, 9.17) is 4.42 Å². The molecule has 0 radical (unpaired) electrons. The molecule has 3 heterocycles. The van der Waals surface area contributed by atoms with Gasteiger partial charge in [0.15, 0.2) is 12.2 Å². The van der Waals surface area contributed by atoms with E-state index in [-0.39, 0.29) is 17.7 Å². The van der Waals surface area contributed by atoms with Crippen LogP contribution in [-0.2, 0) is 13.0 Å². The number of oxazole rings is 1. The van der Waals surface area contributed by atoms with Gasteiger partial charge in [-0.25, -0.2) is 14.6 Å². The highest BCUT2D eigenvalue weighted by Crippen LogP contribution is 2.26. The molecule has 1 amide bonds. The molecule has 1 unspecified atom stereocenters. The molecule has 0 aliphatic carbocycles. The maximum atomic E-state index is 12.8. The summed E-state index contributed by atoms with van der Waals surface area (Å²) in [4.78, 5) is 21.5. The molecule has 1 aliphatic rings. The minimum absolute atomic E-state index is 0.164. The third-order valence-electron chi connectivity index (χ3n) is 4.36. The molecule has 1 N–H and O–H groups in total. The summed E-state index contributed by atoms with van der Waals surface area (Å²) in [5.41, 5.74) is 1.39. The SMILES string of the molecule is CCc1nc2n(n1)CCCC2NC(=O)c1ocnc1-c1ccccc1. The van der Waals surface area contributed by atoms with Gasteiger partial charge in [0.2, 0.25) is 5.76 Å². The zero-order chi connectivity index (χ0) is 17.2. The molecular formula is C18H19N5O2. The summed E-state index contributed by atoms with van der Waals surface area (Å²) >= 11 is 0. The number of nitrogens with zero attached hydrogens (tertiary/aromatic N) is 4. The van der Waals surface area contributed by atoms with E-state index in [0.717, 1.165) is 43.0 Å². The monoisotopic (exact) mass is 337 g/mol. The Morgan fingerprint density at radius 1 is 1.36 bits per heavy atom. The van der Waals surface area contributed by atoms with Gasteiger partial charge < -0.3 is 9.73 Å². The van der Waals surface area contributed by atoms with E-state index in [1.807, 2.05) is 41.9 Å². The van der Waals surface area contributed by atoms with Gasteiger partial charge in [-0.1, -0.05) is 37.3 Å². The molecular weight excluding hydrogens is 318 g/mol. The first-order chi connectivity index (χ1) is 12.3. The standard InChI is InChI=1S/C18H19N5O2/c1-2-14-21-17-13(9-6-10-23(17)22-14)20-18(24)16-15(19-11-25-16)12-7-4-3-5-8-12/h3-5,7-8,11,13H,2,6,9-10H2,1H3,(H,20,24). The van der Waals surface area contributed by atoms with E-state index in [2.05, 4.69) is 20.4 Å². The first kappa shape index (κ1) is 15.6. The molecule has 25 heavy (non-hydrogen) atoms. The van der Waals surface area contributed by atoms with E-state index >= 15 is 0 Å². The molecule has 4 rings (SSSR count). The molecule has 3 aromatic rings. The Morgan fingerprint density at radius 2 is 2.20 bits per heavy atom. The zero-order valence-corrected chi connectivity index (χ0v) is 14.0. The van der Waals surface area contributed by atoms with Crippen molar-refractivity contribution in [2.75, 3.05) is 0 Å². The van der Waals surface area contributed by atoms with Crippen LogP contribution in [0.3, 0.4) is 0 Å². The Balaban J connectivity index is 1.58. The summed E-state index contributed by atoms with van der Waals surface area (Å²) < 4.78 is 7.27. The number of fused-ring (bicyclic) bond motifs is 1. The van der Waals surface area contributed by atoms with Gasteiger partial charge in [0.05, 0.1) is 6.04 Å². The van der Waals surface area contributed by atoms with Gasteiger partial charge in [-0.15, -0.1) is 0 Å². The predicted octanol–water partition coefficient (Wildman–Crippen LogP) is 2.76. The van der Waals surface area contributed by atoms with Crippen LogP contribution in [-0.4, -0.2) is 25.7 Å². The lowest BCUT2D eigenvalue weighted by Gasteiger charge is -2.22. The summed E-state index contributed by atoms with van der Waals surface area (Å²) in [7, 11) is 0. The van der Waals surface area contributed by atoms with Gasteiger partial charge in [0.1, 0.15) is 11.5 Å². The number of hydrogen-bond donors (Lipinski definition) is 1. The van der Waals surface area contributed by atoms with Crippen LogP contribution in [0.15, 0.2) is 41.1 Å². The van der Waals surface area contributed by atoms with Gasteiger partial charge >= 0.3 is 0 Å². The Morgan fingerprint density at radius 3 is 3.00 bits per heavy atom. The smallest absolute Gasteiger partial charge is 0.289 e. The Bertz CT molecular complexity index is 884. The van der Waals surface area contributed by atoms with E-state index in [1.54, 1.807) is 0 Å². The lowest BCUT2D eigenvalue weighted by molar-refractivity contribution is 0.0900. The second-order valence-electron chi connectivity index (χ2n) is 6.03. The Kier molecular flexibility index (Phi) is 4.05. The third-order valence-corrected chi connectivity index (χ3v) is 4.36. The van der Waals surface area contributed by atoms with Crippen molar-refractivity contribution >= 4 is 5.91 Å². The molecule has 0 fully saturated rings. The summed E-state index contributed by atoms with van der Waals surface area (Å²) in [6.07, 6.45) is 3.87. The van der Waals surface area contributed by atoms with E-state index in [1.165, 1.54) is 6.39 Å². The molecule has 128 valence electrons. The lowest BCUT2D eigenvalue weighted by Crippen LogP contribution is -2.33. The molecule has 1 aliphatic heterocycles. The molecule has 0 spiro atoms. The number of carbonyl (C=O) groups is 1. The average Bonchev–Trinajstić information content (AvgIpc) is 3.29. The van der Waals surface area contributed by atoms with Gasteiger partial charge in [-0.2, -0.15) is 5.10 Å². The average molecular weight is 337 g/mol. The topological polar surface area (TPSA) is 85.8 Å². The van der Waals surface area contributed by atoms with Crippen LogP contribution in [0.25, 0.3) is 11.3 Å². The maximum absolute atomic E-state index is 12.8. The van der Waals surface area contributed by atoms with Crippen LogP contribution < -0.4 is 5.32 Å². The lowest BCUT2D eigenvalue weighted by atomic mass is 10.1. The van der Waals surface area contributed by atoms with Crippen molar-refractivity contribution in [3.63, 3.8) is 0 Å². The molecule has 1 aromatic carbocycles. The number of rotatable bonds is 4. The Hall–Kier alpha value is -2.96. The van der Waals surface area contributed by atoms with Gasteiger partial charge in [-0.3, -0.25) is 4.79 Å². The van der Waals surface area contributed by atoms with Gasteiger partial charge in [-0.05, 0) is 12.8 Å². The maximum Gasteiger partial charge on any atom is 0.289 e. The van der Waals surface area contributed by atoms with E-state index in [9.17, 15) is 4.79 Å². The quantitative estimate of drug-likeness (QED) is 0.791. The van der Waals surface area contributed by atoms with Crippen molar-refractivity contribution in [2.45, 2.75) is 38.8 Å². The van der Waals surface area contributed by atoms with Crippen molar-refractivity contribution in [1.29, 1.82) is 0 Å². The number of hydrogen-bond acceptors (Lipinski definition) is 5. The first-order valence-electron chi connectivity index (χ1n) is 8.49. The van der Waals surface area contributed by atoms with Crippen molar-refractivity contribution in [2.24, 2.45) is 0 Å². The van der Waals surface area contributed by atoms with Crippen LogP contribution in [0.1, 0.15) is 48.0 Å². The minimum Gasteiger partial charge on any atom is -0.438 e. The molecule has 7 nitrogen and oxygen atoms in total. The number of aryl methyl sites for hydroxylation is 2. The minimum atomic E-state index is -0.282. The normalized spacial score (nSPS) is 16.4. The second-order valence-corrected chi connectivity index (χ2v) is 6.03. The molecule has 0 bridgehead atoms. The van der Waals surface area contributed by atoms with Crippen LogP contribution in [0.4, 0.5) is 0 Å². The zero-order valence-electron chi connectivity index (χ0n) is 14.0. The largest absolute Gasteiger partial charge is 0.438 e. The fourth-order valence-corrected chi connectivity index (χ4v) is 3.12. The van der Waals surface area contributed by atoms with Crippen molar-refractivity contribution < 1.29 is 9.21 Å². The number of carbonyl (C=O) groups excluding carboxylic acids is 1. The van der Waals surface area contributed by atoms with E-state index in [0.29, 0.717) is 5.69 Å². The number of nitrogens with one attached hydrogen (secondary N) is 1. The van der Waals surface area contributed by atoms with Crippen LogP contribution in [0, 0.1) is 0 Å². The van der Waals surface area contributed by atoms with E-state index < -0.39 is 0 Å². The number of amides is 1. The third kappa shape index (κ3) is 2.93. The highest BCUT2D eigenvalue weighted by atomic mass is 16.3.